The molecule has 0 unspecified atom stereocenters. The highest BCUT2D eigenvalue weighted by Crippen LogP contribution is 2.11. The summed E-state index contributed by atoms with van der Waals surface area (Å²) in [5, 5.41) is 14.7. The number of benzene rings is 2. The van der Waals surface area contributed by atoms with E-state index in [1.54, 1.807) is 0 Å². The minimum Gasteiger partial charge on any atom is -0.467 e. The number of hydrogen-bond acceptors (Lipinski definition) is 6. The third-order valence-corrected chi connectivity index (χ3v) is 3.87. The van der Waals surface area contributed by atoms with Gasteiger partial charge in [-0.2, -0.15) is 4.80 Å². The van der Waals surface area contributed by atoms with Crippen LogP contribution in [0.15, 0.2) is 60.7 Å². The molecule has 0 aliphatic rings. The van der Waals surface area contributed by atoms with Crippen molar-refractivity contribution in [3.8, 4) is 11.4 Å². The molecule has 1 amide bonds. The normalized spacial score (nSPS) is 11.6. The van der Waals surface area contributed by atoms with Crippen molar-refractivity contribution in [2.24, 2.45) is 0 Å². The van der Waals surface area contributed by atoms with E-state index >= 15 is 0 Å². The van der Waals surface area contributed by atoms with Crippen LogP contribution in [0.2, 0.25) is 0 Å². The van der Waals surface area contributed by atoms with Gasteiger partial charge < -0.3 is 10.1 Å². The summed E-state index contributed by atoms with van der Waals surface area (Å²) in [6.07, 6.45) is 0.333. The van der Waals surface area contributed by atoms with Crippen molar-refractivity contribution in [1.82, 2.24) is 25.5 Å². The molecule has 0 aliphatic heterocycles. The molecule has 27 heavy (non-hydrogen) atoms. The zero-order chi connectivity index (χ0) is 19.1. The number of carbonyl (C=O) groups excluding carboxylic acids is 2. The monoisotopic (exact) mass is 365 g/mol. The summed E-state index contributed by atoms with van der Waals surface area (Å²) < 4.78 is 4.79. The van der Waals surface area contributed by atoms with Crippen LogP contribution in [-0.2, 0) is 27.3 Å². The second kappa shape index (κ2) is 8.70. The van der Waals surface area contributed by atoms with E-state index in [4.69, 9.17) is 4.74 Å². The number of rotatable bonds is 7. The van der Waals surface area contributed by atoms with E-state index in [-0.39, 0.29) is 6.54 Å². The topological polar surface area (TPSA) is 99.0 Å². The Morgan fingerprint density at radius 2 is 1.74 bits per heavy atom. The summed E-state index contributed by atoms with van der Waals surface area (Å²) in [6.45, 7) is -0.151. The van der Waals surface area contributed by atoms with E-state index in [9.17, 15) is 9.59 Å². The van der Waals surface area contributed by atoms with Crippen LogP contribution in [0.4, 0.5) is 0 Å². The maximum absolute atomic E-state index is 12.3. The number of hydrogen-bond donors (Lipinski definition) is 1. The standard InChI is InChI=1S/C19H19N5O3/c1-27-19(26)16(12-14-8-4-2-5-9-14)20-17(25)13-24-22-18(21-23-24)15-10-6-3-7-11-15/h2-11,16H,12-13H2,1H3,(H,20,25)/t16-/m0/s1. The van der Waals surface area contributed by atoms with Crippen LogP contribution in [0.25, 0.3) is 11.4 Å². The highest BCUT2D eigenvalue weighted by atomic mass is 16.5. The molecular weight excluding hydrogens is 346 g/mol. The largest absolute Gasteiger partial charge is 0.467 e. The lowest BCUT2D eigenvalue weighted by molar-refractivity contribution is -0.145. The predicted molar refractivity (Wildman–Crippen MR) is 97.3 cm³/mol. The van der Waals surface area contributed by atoms with Crippen molar-refractivity contribution in [2.45, 2.75) is 19.0 Å². The van der Waals surface area contributed by atoms with Crippen LogP contribution >= 0.6 is 0 Å². The molecule has 0 saturated heterocycles. The molecule has 138 valence electrons. The Bertz CT molecular complexity index is 896. The van der Waals surface area contributed by atoms with E-state index in [0.29, 0.717) is 12.2 Å². The fourth-order valence-corrected chi connectivity index (χ4v) is 2.57. The number of aromatic nitrogens is 4. The maximum Gasteiger partial charge on any atom is 0.328 e. The first-order valence-corrected chi connectivity index (χ1v) is 8.40. The van der Waals surface area contributed by atoms with Gasteiger partial charge in [0.1, 0.15) is 12.6 Å². The summed E-state index contributed by atoms with van der Waals surface area (Å²) in [6, 6.07) is 17.9. The lowest BCUT2D eigenvalue weighted by Crippen LogP contribution is -2.44. The maximum atomic E-state index is 12.3. The van der Waals surface area contributed by atoms with Crippen molar-refractivity contribution in [1.29, 1.82) is 0 Å². The number of nitrogens with one attached hydrogen (secondary N) is 1. The number of amides is 1. The first-order valence-electron chi connectivity index (χ1n) is 8.40. The number of nitrogens with zero attached hydrogens (tertiary/aromatic N) is 4. The van der Waals surface area contributed by atoms with Gasteiger partial charge in [0.05, 0.1) is 7.11 Å². The molecule has 0 spiro atoms. The van der Waals surface area contributed by atoms with Crippen LogP contribution in [0.5, 0.6) is 0 Å². The summed E-state index contributed by atoms with van der Waals surface area (Å²) in [7, 11) is 1.29. The van der Waals surface area contributed by atoms with E-state index in [2.05, 4.69) is 20.7 Å². The molecule has 1 N–H and O–H groups in total. The number of carbonyl (C=O) groups is 2. The van der Waals surface area contributed by atoms with Gasteiger partial charge in [-0.25, -0.2) is 4.79 Å². The summed E-state index contributed by atoms with van der Waals surface area (Å²) >= 11 is 0. The van der Waals surface area contributed by atoms with Gasteiger partial charge in [-0.05, 0) is 10.8 Å². The SMILES string of the molecule is COC(=O)[C@H](Cc1ccccc1)NC(=O)Cn1nnc(-c2ccccc2)n1. The molecule has 3 rings (SSSR count). The van der Waals surface area contributed by atoms with E-state index < -0.39 is 17.9 Å². The lowest BCUT2D eigenvalue weighted by atomic mass is 10.1. The molecule has 3 aromatic rings. The number of ether oxygens (including phenoxy) is 1. The molecular formula is C19H19N5O3. The van der Waals surface area contributed by atoms with Crippen LogP contribution in [0.3, 0.4) is 0 Å². The molecule has 8 heteroatoms. The van der Waals surface area contributed by atoms with Crippen molar-refractivity contribution >= 4 is 11.9 Å². The number of methoxy groups -OCH3 is 1. The van der Waals surface area contributed by atoms with Gasteiger partial charge in [0.15, 0.2) is 0 Å². The Balaban J connectivity index is 1.64. The number of tetrazole rings is 1. The highest BCUT2D eigenvalue weighted by molar-refractivity contribution is 5.84. The first kappa shape index (κ1) is 18.2. The third-order valence-electron chi connectivity index (χ3n) is 3.87. The molecule has 0 fully saturated rings. The summed E-state index contributed by atoms with van der Waals surface area (Å²) in [5.41, 5.74) is 1.72. The molecule has 1 aromatic heterocycles. The third kappa shape index (κ3) is 4.97. The number of esters is 1. The predicted octanol–water partition coefficient (Wildman–Crippen LogP) is 1.24. The Labute approximate surface area is 156 Å². The Kier molecular flexibility index (Phi) is 5.88. The fourth-order valence-electron chi connectivity index (χ4n) is 2.57. The molecule has 2 aromatic carbocycles. The zero-order valence-electron chi connectivity index (χ0n) is 14.8. The average molecular weight is 365 g/mol. The Morgan fingerprint density at radius 3 is 2.41 bits per heavy atom. The molecule has 1 atom stereocenters. The van der Waals surface area contributed by atoms with Gasteiger partial charge in [0.25, 0.3) is 0 Å². The molecule has 0 saturated carbocycles. The van der Waals surface area contributed by atoms with Gasteiger partial charge in [-0.3, -0.25) is 4.79 Å². The second-order valence-corrected chi connectivity index (χ2v) is 5.84. The molecule has 1 heterocycles. The summed E-state index contributed by atoms with van der Waals surface area (Å²) in [5.74, 6) is -0.487. The summed E-state index contributed by atoms with van der Waals surface area (Å²) in [4.78, 5) is 25.5. The van der Waals surface area contributed by atoms with Gasteiger partial charge in [0, 0.05) is 12.0 Å². The van der Waals surface area contributed by atoms with Crippen LogP contribution < -0.4 is 5.32 Å². The van der Waals surface area contributed by atoms with Crippen molar-refractivity contribution < 1.29 is 14.3 Å². The second-order valence-electron chi connectivity index (χ2n) is 5.84. The van der Waals surface area contributed by atoms with Crippen molar-refractivity contribution in [3.05, 3.63) is 66.2 Å². The quantitative estimate of drug-likeness (QED) is 0.633. The van der Waals surface area contributed by atoms with E-state index in [1.165, 1.54) is 11.9 Å². The van der Waals surface area contributed by atoms with Gasteiger partial charge in [-0.15, -0.1) is 10.2 Å². The van der Waals surface area contributed by atoms with Gasteiger partial charge >= 0.3 is 5.97 Å². The fraction of sp³-hybridized carbons (Fsp3) is 0.211. The molecule has 0 bridgehead atoms. The van der Waals surface area contributed by atoms with Crippen LogP contribution in [0, 0.1) is 0 Å². The Hall–Kier alpha value is -3.55. The lowest BCUT2D eigenvalue weighted by Gasteiger charge is -2.16. The molecule has 8 nitrogen and oxygen atoms in total. The highest BCUT2D eigenvalue weighted by Gasteiger charge is 2.22. The Morgan fingerprint density at radius 1 is 1.07 bits per heavy atom. The van der Waals surface area contributed by atoms with Crippen LogP contribution in [-0.4, -0.2) is 45.2 Å². The first-order chi connectivity index (χ1) is 13.2. The molecule has 0 aliphatic carbocycles. The van der Waals surface area contributed by atoms with Crippen molar-refractivity contribution in [3.63, 3.8) is 0 Å². The zero-order valence-corrected chi connectivity index (χ0v) is 14.8. The van der Waals surface area contributed by atoms with E-state index in [1.807, 2.05) is 60.7 Å². The van der Waals surface area contributed by atoms with Crippen LogP contribution in [0.1, 0.15) is 5.56 Å². The minimum absolute atomic E-state index is 0.151. The van der Waals surface area contributed by atoms with Gasteiger partial charge in [-0.1, -0.05) is 60.7 Å². The van der Waals surface area contributed by atoms with Crippen molar-refractivity contribution in [2.75, 3.05) is 7.11 Å². The average Bonchev–Trinajstić information content (AvgIpc) is 3.16. The van der Waals surface area contributed by atoms with Gasteiger partial charge in [0.2, 0.25) is 11.7 Å². The van der Waals surface area contributed by atoms with E-state index in [0.717, 1.165) is 11.1 Å². The molecule has 0 radical (unpaired) electrons. The minimum atomic E-state index is -0.790. The smallest absolute Gasteiger partial charge is 0.328 e.